The highest BCUT2D eigenvalue weighted by Crippen LogP contribution is 2.21. The van der Waals surface area contributed by atoms with Crippen molar-refractivity contribution in [2.24, 2.45) is 5.14 Å². The number of sulfonamides is 1. The number of piperazine rings is 1. The molecule has 1 aromatic carbocycles. The maximum Gasteiger partial charge on any atom is 0.289 e. The van der Waals surface area contributed by atoms with E-state index in [4.69, 9.17) is 9.56 Å². The monoisotopic (exact) mass is 353 g/mol. The van der Waals surface area contributed by atoms with Crippen LogP contribution in [0, 0.1) is 5.82 Å². The van der Waals surface area contributed by atoms with Crippen LogP contribution >= 0.6 is 0 Å². The molecule has 2 aromatic rings. The summed E-state index contributed by atoms with van der Waals surface area (Å²) in [5, 5.41) is 4.51. The summed E-state index contributed by atoms with van der Waals surface area (Å²) >= 11 is 0. The molecule has 7 nitrogen and oxygen atoms in total. The molecule has 9 heteroatoms. The predicted molar refractivity (Wildman–Crippen MR) is 84.6 cm³/mol. The molecular weight excluding hydrogens is 337 g/mol. The molecule has 0 atom stereocenters. The molecule has 0 unspecified atom stereocenters. The Morgan fingerprint density at radius 2 is 1.75 bits per heavy atom. The van der Waals surface area contributed by atoms with Gasteiger partial charge < -0.3 is 14.2 Å². The Morgan fingerprint density at radius 1 is 1.08 bits per heavy atom. The molecule has 1 aliphatic rings. The minimum absolute atomic E-state index is 0.0848. The number of para-hydroxylation sites is 1. The number of carbonyl (C=O) groups excluding carboxylic acids is 1. The van der Waals surface area contributed by atoms with Crippen molar-refractivity contribution in [2.75, 3.05) is 31.1 Å². The van der Waals surface area contributed by atoms with E-state index in [1.165, 1.54) is 17.0 Å². The van der Waals surface area contributed by atoms with E-state index in [2.05, 4.69) is 0 Å². The predicted octanol–water partition coefficient (Wildman–Crippen LogP) is 1.03. The van der Waals surface area contributed by atoms with Gasteiger partial charge in [0, 0.05) is 26.2 Å². The first-order chi connectivity index (χ1) is 11.4. The number of furan rings is 1. The lowest BCUT2D eigenvalue weighted by Gasteiger charge is -2.35. The zero-order chi connectivity index (χ0) is 17.3. The number of halogens is 1. The molecular formula is C15H16FN3O4S. The van der Waals surface area contributed by atoms with Crippen molar-refractivity contribution < 1.29 is 22.0 Å². The Morgan fingerprint density at radius 3 is 2.33 bits per heavy atom. The maximum atomic E-state index is 13.8. The molecule has 2 N–H and O–H groups in total. The van der Waals surface area contributed by atoms with E-state index in [-0.39, 0.29) is 11.6 Å². The summed E-state index contributed by atoms with van der Waals surface area (Å²) in [5.74, 6) is -0.808. The van der Waals surface area contributed by atoms with Gasteiger partial charge >= 0.3 is 0 Å². The number of carbonyl (C=O) groups is 1. The van der Waals surface area contributed by atoms with E-state index in [1.807, 2.05) is 4.90 Å². The minimum atomic E-state index is -3.98. The number of amides is 1. The van der Waals surface area contributed by atoms with Crippen LogP contribution in [-0.4, -0.2) is 45.4 Å². The number of nitrogens with zero attached hydrogens (tertiary/aromatic N) is 2. The molecule has 2 heterocycles. The van der Waals surface area contributed by atoms with Crippen LogP contribution in [0.1, 0.15) is 10.6 Å². The van der Waals surface area contributed by atoms with Crippen molar-refractivity contribution in [3.05, 3.63) is 48.0 Å². The van der Waals surface area contributed by atoms with Gasteiger partial charge in [0.1, 0.15) is 5.82 Å². The summed E-state index contributed by atoms with van der Waals surface area (Å²) < 4.78 is 41.2. The summed E-state index contributed by atoms with van der Waals surface area (Å²) in [4.78, 5) is 15.7. The SMILES string of the molecule is NS(=O)(=O)c1ccc(C(=O)N2CCN(c3ccccc3F)CC2)o1. The van der Waals surface area contributed by atoms with Gasteiger partial charge in [0.25, 0.3) is 15.9 Å². The van der Waals surface area contributed by atoms with Gasteiger partial charge in [0.2, 0.25) is 5.09 Å². The van der Waals surface area contributed by atoms with Crippen molar-refractivity contribution in [3.8, 4) is 0 Å². The zero-order valence-electron chi connectivity index (χ0n) is 12.7. The van der Waals surface area contributed by atoms with Crippen LogP contribution in [0.5, 0.6) is 0 Å². The molecule has 1 saturated heterocycles. The van der Waals surface area contributed by atoms with Crippen molar-refractivity contribution in [1.82, 2.24) is 4.90 Å². The second-order valence-electron chi connectivity index (χ2n) is 5.39. The molecule has 1 aromatic heterocycles. The van der Waals surface area contributed by atoms with Crippen LogP contribution in [0.15, 0.2) is 45.9 Å². The second-order valence-corrected chi connectivity index (χ2v) is 6.89. The fourth-order valence-electron chi connectivity index (χ4n) is 2.60. The van der Waals surface area contributed by atoms with Crippen LogP contribution in [0.2, 0.25) is 0 Å². The van der Waals surface area contributed by atoms with Gasteiger partial charge in [-0.1, -0.05) is 12.1 Å². The van der Waals surface area contributed by atoms with E-state index in [0.717, 1.165) is 6.07 Å². The Labute approximate surface area is 138 Å². The number of benzene rings is 1. The van der Waals surface area contributed by atoms with Gasteiger partial charge in [0.15, 0.2) is 5.76 Å². The van der Waals surface area contributed by atoms with Crippen LogP contribution in [0.3, 0.4) is 0 Å². The van der Waals surface area contributed by atoms with E-state index in [1.54, 1.807) is 18.2 Å². The van der Waals surface area contributed by atoms with Crippen molar-refractivity contribution in [3.63, 3.8) is 0 Å². The average molecular weight is 353 g/mol. The van der Waals surface area contributed by atoms with E-state index >= 15 is 0 Å². The van der Waals surface area contributed by atoms with Gasteiger partial charge in [-0.25, -0.2) is 17.9 Å². The van der Waals surface area contributed by atoms with Crippen LogP contribution in [0.25, 0.3) is 0 Å². The fraction of sp³-hybridized carbons (Fsp3) is 0.267. The number of anilines is 1. The number of hydrogen-bond donors (Lipinski definition) is 1. The van der Waals surface area contributed by atoms with E-state index in [9.17, 15) is 17.6 Å². The third-order valence-corrected chi connectivity index (χ3v) is 4.61. The summed E-state index contributed by atoms with van der Waals surface area (Å²) in [6, 6.07) is 8.90. The topological polar surface area (TPSA) is 96.8 Å². The molecule has 128 valence electrons. The highest BCUT2D eigenvalue weighted by Gasteiger charge is 2.26. The smallest absolute Gasteiger partial charge is 0.289 e. The Bertz CT molecular complexity index is 857. The average Bonchev–Trinajstić information content (AvgIpc) is 3.05. The van der Waals surface area contributed by atoms with Gasteiger partial charge in [-0.05, 0) is 24.3 Å². The lowest BCUT2D eigenvalue weighted by Crippen LogP contribution is -2.49. The zero-order valence-corrected chi connectivity index (χ0v) is 13.5. The van der Waals surface area contributed by atoms with Crippen molar-refractivity contribution in [1.29, 1.82) is 0 Å². The normalized spacial score (nSPS) is 15.6. The molecule has 0 spiro atoms. The number of hydrogen-bond acceptors (Lipinski definition) is 5. The molecule has 0 aliphatic carbocycles. The Balaban J connectivity index is 1.67. The quantitative estimate of drug-likeness (QED) is 0.889. The van der Waals surface area contributed by atoms with Gasteiger partial charge in [-0.3, -0.25) is 4.79 Å². The second kappa shape index (κ2) is 6.25. The first-order valence-corrected chi connectivity index (χ1v) is 8.82. The largest absolute Gasteiger partial charge is 0.438 e. The Hall–Kier alpha value is -2.39. The first-order valence-electron chi connectivity index (χ1n) is 7.27. The highest BCUT2D eigenvalue weighted by molar-refractivity contribution is 7.89. The van der Waals surface area contributed by atoms with Crippen molar-refractivity contribution in [2.45, 2.75) is 5.09 Å². The highest BCUT2D eigenvalue weighted by atomic mass is 32.2. The molecule has 3 rings (SSSR count). The number of rotatable bonds is 3. The van der Waals surface area contributed by atoms with Crippen molar-refractivity contribution >= 4 is 21.6 Å². The van der Waals surface area contributed by atoms with E-state index in [0.29, 0.717) is 31.9 Å². The summed E-state index contributed by atoms with van der Waals surface area (Å²) in [6.45, 7) is 1.68. The molecule has 24 heavy (non-hydrogen) atoms. The number of nitrogens with two attached hydrogens (primary N) is 1. The number of primary sulfonamides is 1. The standard InChI is InChI=1S/C15H16FN3O4S/c16-11-3-1-2-4-12(11)18-7-9-19(10-8-18)15(20)13-5-6-14(23-13)24(17,21)22/h1-6H,7-10H2,(H2,17,21,22). The van der Waals surface area contributed by atoms with Crippen LogP contribution in [0.4, 0.5) is 10.1 Å². The lowest BCUT2D eigenvalue weighted by molar-refractivity contribution is 0.0709. The fourth-order valence-corrected chi connectivity index (χ4v) is 3.07. The molecule has 0 saturated carbocycles. The third-order valence-electron chi connectivity index (χ3n) is 3.83. The third kappa shape index (κ3) is 3.26. The first kappa shape index (κ1) is 16.5. The molecule has 1 amide bonds. The molecule has 0 bridgehead atoms. The Kier molecular flexibility index (Phi) is 4.29. The molecule has 1 aliphatic heterocycles. The summed E-state index contributed by atoms with van der Waals surface area (Å²) in [5.41, 5.74) is 0.499. The molecule has 1 fully saturated rings. The maximum absolute atomic E-state index is 13.8. The summed E-state index contributed by atoms with van der Waals surface area (Å²) in [6.07, 6.45) is 0. The van der Waals surface area contributed by atoms with E-state index < -0.39 is 21.0 Å². The van der Waals surface area contributed by atoms with Gasteiger partial charge in [0.05, 0.1) is 5.69 Å². The van der Waals surface area contributed by atoms with Gasteiger partial charge in [-0.2, -0.15) is 0 Å². The van der Waals surface area contributed by atoms with Gasteiger partial charge in [-0.15, -0.1) is 0 Å². The minimum Gasteiger partial charge on any atom is -0.438 e. The lowest BCUT2D eigenvalue weighted by atomic mass is 10.2. The summed E-state index contributed by atoms with van der Waals surface area (Å²) in [7, 11) is -3.98. The molecule has 0 radical (unpaired) electrons. The van der Waals surface area contributed by atoms with Crippen LogP contribution in [-0.2, 0) is 10.0 Å². The van der Waals surface area contributed by atoms with Crippen LogP contribution < -0.4 is 10.0 Å².